The van der Waals surface area contributed by atoms with Crippen molar-refractivity contribution in [1.29, 1.82) is 0 Å². The van der Waals surface area contributed by atoms with Crippen LogP contribution in [0.25, 0.3) is 0 Å². The topological polar surface area (TPSA) is 110 Å². The zero-order chi connectivity index (χ0) is 38.9. The van der Waals surface area contributed by atoms with Crippen LogP contribution in [0, 0.1) is 11.7 Å². The van der Waals surface area contributed by atoms with E-state index in [1.807, 2.05) is 81.1 Å². The summed E-state index contributed by atoms with van der Waals surface area (Å²) in [6.45, 7) is 11.9. The molecule has 2 saturated heterocycles. The van der Waals surface area contributed by atoms with Gasteiger partial charge >= 0.3 is 11.9 Å². The number of β-lactam (4-membered cyclic amide) rings is 1. The Morgan fingerprint density at radius 3 is 2.00 bits per heavy atom. The maximum Gasteiger partial charge on any atom is 0.303 e. The van der Waals surface area contributed by atoms with E-state index in [4.69, 9.17) is 28.4 Å². The first-order valence-electron chi connectivity index (χ1n) is 19.0. The van der Waals surface area contributed by atoms with Crippen molar-refractivity contribution in [3.05, 3.63) is 101 Å². The number of aryl methyl sites for hydroxylation is 2. The van der Waals surface area contributed by atoms with Gasteiger partial charge in [0.25, 0.3) is 0 Å². The molecular formula is C43H54FNO9. The normalized spacial score (nSPS) is 19.6. The van der Waals surface area contributed by atoms with E-state index in [0.29, 0.717) is 44.5 Å². The summed E-state index contributed by atoms with van der Waals surface area (Å²) < 4.78 is 48.3. The van der Waals surface area contributed by atoms with Crippen LogP contribution < -0.4 is 4.90 Å². The van der Waals surface area contributed by atoms with Gasteiger partial charge < -0.3 is 33.3 Å². The largest absolute Gasteiger partial charge is 0.458 e. The molecule has 5 rings (SSSR count). The van der Waals surface area contributed by atoms with Crippen LogP contribution in [0.5, 0.6) is 0 Å². The zero-order valence-corrected chi connectivity index (χ0v) is 32.3. The molecule has 0 bridgehead atoms. The van der Waals surface area contributed by atoms with Gasteiger partial charge in [0.2, 0.25) is 5.91 Å². The van der Waals surface area contributed by atoms with Gasteiger partial charge in [-0.1, -0.05) is 48.5 Å². The van der Waals surface area contributed by atoms with E-state index in [2.05, 4.69) is 0 Å². The standard InChI is InChI=1S/C43H54FNO9/c1-7-49-39(50-8-2)24-13-31-11-20-36(21-12-31)45-40(37(41(45)48)22-23-38(53-29(3)46)33-16-18-35(44)19-17-33)34-14-9-32(10-15-34)25-26-43(54-30(4)47)27-51-42(5,6)52-28-43/h9-12,14-21,37-40H,7-8,13,22-28H2,1-6H3/t37?,38-,40?/m0/s1. The van der Waals surface area contributed by atoms with E-state index < -0.39 is 23.5 Å². The van der Waals surface area contributed by atoms with E-state index in [9.17, 15) is 18.8 Å². The molecule has 2 fully saturated rings. The first kappa shape index (κ1) is 41.0. The van der Waals surface area contributed by atoms with Gasteiger partial charge in [-0.15, -0.1) is 0 Å². The second-order valence-corrected chi connectivity index (χ2v) is 14.5. The summed E-state index contributed by atoms with van der Waals surface area (Å²) in [7, 11) is 0. The highest BCUT2D eigenvalue weighted by Crippen LogP contribution is 2.47. The number of carbonyl (C=O) groups excluding carboxylic acids is 3. The summed E-state index contributed by atoms with van der Waals surface area (Å²) in [6.07, 6.45) is 2.58. The van der Waals surface area contributed by atoms with Gasteiger partial charge in [0.1, 0.15) is 11.9 Å². The zero-order valence-electron chi connectivity index (χ0n) is 32.3. The van der Waals surface area contributed by atoms with Gasteiger partial charge in [0, 0.05) is 39.2 Å². The van der Waals surface area contributed by atoms with Gasteiger partial charge in [-0.05, 0) is 106 Å². The van der Waals surface area contributed by atoms with Crippen molar-refractivity contribution in [3.63, 3.8) is 0 Å². The van der Waals surface area contributed by atoms with Gasteiger partial charge in [-0.25, -0.2) is 4.39 Å². The van der Waals surface area contributed by atoms with Crippen LogP contribution in [0.15, 0.2) is 72.8 Å². The number of ether oxygens (including phenoxy) is 6. The molecule has 2 unspecified atom stereocenters. The summed E-state index contributed by atoms with van der Waals surface area (Å²) in [4.78, 5) is 39.9. The van der Waals surface area contributed by atoms with Crippen LogP contribution in [-0.2, 0) is 55.6 Å². The fraction of sp³-hybridized carbons (Fsp3) is 0.512. The minimum atomic E-state index is -0.884. The lowest BCUT2D eigenvalue weighted by atomic mass is 9.78. The molecular weight excluding hydrogens is 693 g/mol. The summed E-state index contributed by atoms with van der Waals surface area (Å²) >= 11 is 0. The van der Waals surface area contributed by atoms with Gasteiger partial charge in [0.05, 0.1) is 25.2 Å². The Hall–Kier alpha value is -4.16. The maximum atomic E-state index is 14.0. The molecule has 292 valence electrons. The molecule has 3 aromatic rings. The molecule has 11 heteroatoms. The van der Waals surface area contributed by atoms with Crippen molar-refractivity contribution in [2.75, 3.05) is 31.3 Å². The molecule has 0 N–H and O–H groups in total. The fourth-order valence-electron chi connectivity index (χ4n) is 7.20. The maximum absolute atomic E-state index is 14.0. The Labute approximate surface area is 318 Å². The number of esters is 2. The van der Waals surface area contributed by atoms with E-state index in [1.165, 1.54) is 26.0 Å². The number of nitrogens with zero attached hydrogens (tertiary/aromatic N) is 1. The molecule has 2 aliphatic rings. The lowest BCUT2D eigenvalue weighted by Crippen LogP contribution is -2.55. The average molecular weight is 748 g/mol. The molecule has 0 saturated carbocycles. The second kappa shape index (κ2) is 18.4. The van der Waals surface area contributed by atoms with Gasteiger partial charge in [-0.3, -0.25) is 14.4 Å². The Balaban J connectivity index is 1.34. The van der Waals surface area contributed by atoms with Gasteiger partial charge in [0.15, 0.2) is 17.7 Å². The highest BCUT2D eigenvalue weighted by molar-refractivity contribution is 6.03. The molecule has 54 heavy (non-hydrogen) atoms. The number of halogens is 1. The monoisotopic (exact) mass is 747 g/mol. The minimum absolute atomic E-state index is 0.0196. The highest BCUT2D eigenvalue weighted by atomic mass is 19.1. The quantitative estimate of drug-likeness (QED) is 0.0727. The Morgan fingerprint density at radius 2 is 1.43 bits per heavy atom. The lowest BCUT2D eigenvalue weighted by molar-refractivity contribution is -0.305. The van der Waals surface area contributed by atoms with Crippen LogP contribution in [-0.4, -0.2) is 62.0 Å². The molecule has 3 atom stereocenters. The van der Waals surface area contributed by atoms with E-state index in [0.717, 1.165) is 35.2 Å². The first-order chi connectivity index (χ1) is 25.8. The molecule has 0 spiro atoms. The van der Waals surface area contributed by atoms with Crippen molar-refractivity contribution in [3.8, 4) is 0 Å². The molecule has 0 aliphatic carbocycles. The average Bonchev–Trinajstić information content (AvgIpc) is 3.14. The number of carbonyl (C=O) groups is 3. The Kier molecular flexibility index (Phi) is 14.0. The Morgan fingerprint density at radius 1 is 0.833 bits per heavy atom. The van der Waals surface area contributed by atoms with Crippen molar-refractivity contribution in [2.45, 2.75) is 110 Å². The van der Waals surface area contributed by atoms with Crippen molar-refractivity contribution in [2.24, 2.45) is 5.92 Å². The molecule has 1 amide bonds. The van der Waals surface area contributed by atoms with E-state index in [-0.39, 0.29) is 49.2 Å². The molecule has 2 heterocycles. The third kappa shape index (κ3) is 10.7. The van der Waals surface area contributed by atoms with Crippen molar-refractivity contribution in [1.82, 2.24) is 0 Å². The third-order valence-electron chi connectivity index (χ3n) is 10.0. The summed E-state index contributed by atoms with van der Waals surface area (Å²) in [5, 5.41) is 0. The van der Waals surface area contributed by atoms with Crippen molar-refractivity contribution >= 4 is 23.5 Å². The first-order valence-corrected chi connectivity index (χ1v) is 19.0. The summed E-state index contributed by atoms with van der Waals surface area (Å²) in [5.41, 5.74) is 3.70. The number of anilines is 1. The molecule has 0 radical (unpaired) electrons. The van der Waals surface area contributed by atoms with Gasteiger partial charge in [-0.2, -0.15) is 0 Å². The number of benzene rings is 3. The number of amides is 1. The smallest absolute Gasteiger partial charge is 0.303 e. The molecule has 3 aromatic carbocycles. The molecule has 10 nitrogen and oxygen atoms in total. The highest BCUT2D eigenvalue weighted by Gasteiger charge is 2.49. The minimum Gasteiger partial charge on any atom is -0.458 e. The SMILES string of the molecule is CCOC(CCc1ccc(N2C(=O)C(CC[C@H](OC(C)=O)c3ccc(F)cc3)C2c2ccc(CCC3(OC(C)=O)COC(C)(C)OC3)cc2)cc1)OCC. The molecule has 0 aromatic heterocycles. The number of hydrogen-bond acceptors (Lipinski definition) is 9. The van der Waals surface area contributed by atoms with E-state index in [1.54, 1.807) is 12.1 Å². The predicted octanol–water partition coefficient (Wildman–Crippen LogP) is 7.96. The van der Waals surface area contributed by atoms with Crippen LogP contribution in [0.2, 0.25) is 0 Å². The third-order valence-corrected chi connectivity index (χ3v) is 10.0. The van der Waals surface area contributed by atoms with Crippen LogP contribution in [0.4, 0.5) is 10.1 Å². The molecule has 2 aliphatic heterocycles. The fourth-order valence-corrected chi connectivity index (χ4v) is 7.20. The van der Waals surface area contributed by atoms with Crippen molar-refractivity contribution < 1.29 is 47.2 Å². The predicted molar refractivity (Wildman–Crippen MR) is 201 cm³/mol. The van der Waals surface area contributed by atoms with E-state index >= 15 is 0 Å². The second-order valence-electron chi connectivity index (χ2n) is 14.5. The number of rotatable bonds is 18. The summed E-state index contributed by atoms with van der Waals surface area (Å²) in [5.74, 6) is -2.36. The summed E-state index contributed by atoms with van der Waals surface area (Å²) in [6, 6.07) is 21.8. The Bertz CT molecular complexity index is 1680. The van der Waals surface area contributed by atoms with Crippen LogP contribution >= 0.6 is 0 Å². The lowest BCUT2D eigenvalue weighted by Gasteiger charge is -2.48. The van der Waals surface area contributed by atoms with Crippen LogP contribution in [0.3, 0.4) is 0 Å². The van der Waals surface area contributed by atoms with Crippen LogP contribution in [0.1, 0.15) is 102 Å². The number of hydrogen-bond donors (Lipinski definition) is 0.